The number of hydrogen-bond donors (Lipinski definition) is 0. The van der Waals surface area contributed by atoms with Crippen LogP contribution in [0.1, 0.15) is 25.1 Å². The Morgan fingerprint density at radius 1 is 0.957 bits per heavy atom. The molecule has 0 atom stereocenters. The van der Waals surface area contributed by atoms with E-state index in [0.717, 1.165) is 0 Å². The largest absolute Gasteiger partial charge is 0.465 e. The number of esters is 2. The minimum Gasteiger partial charge on any atom is -0.465 e. The fourth-order valence-corrected chi connectivity index (χ4v) is 2.34. The predicted octanol–water partition coefficient (Wildman–Crippen LogP) is 1.89. The van der Waals surface area contributed by atoms with Gasteiger partial charge in [-0.25, -0.2) is 0 Å². The van der Waals surface area contributed by atoms with Crippen LogP contribution in [0.15, 0.2) is 48.9 Å². The lowest BCUT2D eigenvalue weighted by Gasteiger charge is -2.28. The van der Waals surface area contributed by atoms with Gasteiger partial charge in [-0.1, -0.05) is 6.07 Å². The highest BCUT2D eigenvalue weighted by molar-refractivity contribution is 6.09. The maximum absolute atomic E-state index is 12.8. The smallest absolute Gasteiger partial charge is 0.334 e. The molecule has 2 rings (SSSR count). The van der Waals surface area contributed by atoms with Crippen molar-refractivity contribution in [2.45, 2.75) is 19.3 Å². The fourth-order valence-electron chi connectivity index (χ4n) is 2.34. The van der Waals surface area contributed by atoms with Gasteiger partial charge < -0.3 is 9.47 Å². The maximum Gasteiger partial charge on any atom is 0.334 e. The number of hydrogen-bond acceptors (Lipinski definition) is 6. The Morgan fingerprint density at radius 3 is 2.04 bits per heavy atom. The molecule has 0 N–H and O–H groups in total. The van der Waals surface area contributed by atoms with Crippen LogP contribution in [-0.4, -0.2) is 35.1 Å². The summed E-state index contributed by atoms with van der Waals surface area (Å²) in [4.78, 5) is 33.7. The van der Waals surface area contributed by atoms with E-state index in [0.29, 0.717) is 5.56 Å². The first-order chi connectivity index (χ1) is 11.2. The van der Waals surface area contributed by atoms with Gasteiger partial charge in [-0.05, 0) is 43.7 Å². The van der Waals surface area contributed by atoms with Crippen LogP contribution in [0.3, 0.4) is 0 Å². The van der Waals surface area contributed by atoms with Gasteiger partial charge in [0, 0.05) is 18.6 Å². The molecular weight excluding hydrogens is 296 g/mol. The molecule has 2 heterocycles. The second-order valence-electron chi connectivity index (χ2n) is 4.64. The van der Waals surface area contributed by atoms with Crippen molar-refractivity contribution in [2.24, 2.45) is 0 Å². The van der Waals surface area contributed by atoms with Gasteiger partial charge in [0.2, 0.25) is 5.41 Å². The van der Waals surface area contributed by atoms with Gasteiger partial charge >= 0.3 is 11.9 Å². The molecule has 0 aromatic carbocycles. The van der Waals surface area contributed by atoms with E-state index in [1.54, 1.807) is 44.2 Å². The highest BCUT2D eigenvalue weighted by Gasteiger charge is 2.53. The van der Waals surface area contributed by atoms with Gasteiger partial charge in [-0.2, -0.15) is 0 Å². The molecule has 0 amide bonds. The molecule has 0 radical (unpaired) electrons. The van der Waals surface area contributed by atoms with Crippen LogP contribution in [0, 0.1) is 0 Å². The van der Waals surface area contributed by atoms with Crippen molar-refractivity contribution in [3.63, 3.8) is 0 Å². The Bertz CT molecular complexity index is 599. The highest BCUT2D eigenvalue weighted by atomic mass is 16.6. The van der Waals surface area contributed by atoms with E-state index in [-0.39, 0.29) is 18.9 Å². The molecular formula is C17H18N2O4. The zero-order chi connectivity index (χ0) is 16.7. The van der Waals surface area contributed by atoms with Gasteiger partial charge in [0.25, 0.3) is 0 Å². The van der Waals surface area contributed by atoms with Gasteiger partial charge in [-0.15, -0.1) is 0 Å². The zero-order valence-electron chi connectivity index (χ0n) is 13.1. The molecule has 23 heavy (non-hydrogen) atoms. The van der Waals surface area contributed by atoms with Crippen LogP contribution in [-0.2, 0) is 24.5 Å². The molecule has 0 fully saturated rings. The summed E-state index contributed by atoms with van der Waals surface area (Å²) >= 11 is 0. The Labute approximate surface area is 134 Å². The summed E-state index contributed by atoms with van der Waals surface area (Å²) in [6, 6.07) is 8.19. The molecule has 120 valence electrons. The SMILES string of the molecule is CCOC(=O)C(C(=O)OCC)(c1ccncc1)c1ccccn1. The van der Waals surface area contributed by atoms with Gasteiger partial charge in [-0.3, -0.25) is 19.6 Å². The van der Waals surface area contributed by atoms with Crippen molar-refractivity contribution in [3.8, 4) is 0 Å². The summed E-state index contributed by atoms with van der Waals surface area (Å²) < 4.78 is 10.4. The van der Waals surface area contributed by atoms with Crippen LogP contribution in [0.4, 0.5) is 0 Å². The topological polar surface area (TPSA) is 78.4 Å². The zero-order valence-corrected chi connectivity index (χ0v) is 13.1. The second-order valence-corrected chi connectivity index (χ2v) is 4.64. The molecule has 0 saturated heterocycles. The summed E-state index contributed by atoms with van der Waals surface area (Å²) in [5, 5.41) is 0. The van der Waals surface area contributed by atoms with Gasteiger partial charge in [0.05, 0.1) is 18.9 Å². The number of nitrogens with zero attached hydrogens (tertiary/aromatic N) is 2. The van der Waals surface area contributed by atoms with E-state index in [4.69, 9.17) is 9.47 Å². The van der Waals surface area contributed by atoms with Gasteiger partial charge in [0.1, 0.15) is 0 Å². The van der Waals surface area contributed by atoms with Crippen molar-refractivity contribution in [1.29, 1.82) is 0 Å². The average molecular weight is 314 g/mol. The van der Waals surface area contributed by atoms with Crippen LogP contribution in [0.2, 0.25) is 0 Å². The molecule has 6 heteroatoms. The van der Waals surface area contributed by atoms with Crippen LogP contribution >= 0.6 is 0 Å². The summed E-state index contributed by atoms with van der Waals surface area (Å²) in [6.07, 6.45) is 4.53. The molecule has 0 saturated carbocycles. The van der Waals surface area contributed by atoms with Gasteiger partial charge in [0.15, 0.2) is 0 Å². The first-order valence-corrected chi connectivity index (χ1v) is 7.34. The first kappa shape index (κ1) is 16.6. The minimum atomic E-state index is -1.77. The monoisotopic (exact) mass is 314 g/mol. The Kier molecular flexibility index (Phi) is 5.41. The van der Waals surface area contributed by atoms with E-state index in [9.17, 15) is 9.59 Å². The third-order valence-corrected chi connectivity index (χ3v) is 3.33. The first-order valence-electron chi connectivity index (χ1n) is 7.34. The van der Waals surface area contributed by atoms with E-state index in [1.165, 1.54) is 18.6 Å². The van der Waals surface area contributed by atoms with Crippen LogP contribution in [0.5, 0.6) is 0 Å². The second kappa shape index (κ2) is 7.49. The van der Waals surface area contributed by atoms with E-state index >= 15 is 0 Å². The number of pyridine rings is 2. The fraction of sp³-hybridized carbons (Fsp3) is 0.294. The molecule has 0 aliphatic rings. The summed E-state index contributed by atoms with van der Waals surface area (Å²) in [7, 11) is 0. The Hall–Kier alpha value is -2.76. The molecule has 6 nitrogen and oxygen atoms in total. The molecule has 0 bridgehead atoms. The standard InChI is InChI=1S/C17H18N2O4/c1-3-22-15(20)17(16(21)23-4-2,13-8-11-18-12-9-13)14-7-5-6-10-19-14/h5-12H,3-4H2,1-2H3. The quantitative estimate of drug-likeness (QED) is 0.598. The molecule has 2 aromatic rings. The number of ether oxygens (including phenoxy) is 2. The molecule has 0 spiro atoms. The van der Waals surface area contributed by atoms with Crippen molar-refractivity contribution in [3.05, 3.63) is 60.2 Å². The minimum absolute atomic E-state index is 0.137. The Morgan fingerprint density at radius 2 is 1.57 bits per heavy atom. The number of carbonyl (C=O) groups is 2. The third-order valence-electron chi connectivity index (χ3n) is 3.33. The molecule has 0 unspecified atom stereocenters. The van der Waals surface area contributed by atoms with Crippen molar-refractivity contribution >= 4 is 11.9 Å². The van der Waals surface area contributed by atoms with E-state index in [2.05, 4.69) is 9.97 Å². The van der Waals surface area contributed by atoms with E-state index in [1.807, 2.05) is 0 Å². The molecule has 0 aliphatic heterocycles. The lowest BCUT2D eigenvalue weighted by atomic mass is 9.77. The average Bonchev–Trinajstić information content (AvgIpc) is 2.58. The maximum atomic E-state index is 12.8. The third kappa shape index (κ3) is 3.06. The lowest BCUT2D eigenvalue weighted by molar-refractivity contribution is -0.162. The van der Waals surface area contributed by atoms with Crippen molar-refractivity contribution < 1.29 is 19.1 Å². The molecule has 0 aliphatic carbocycles. The molecule has 2 aromatic heterocycles. The summed E-state index contributed by atoms with van der Waals surface area (Å²) in [5.74, 6) is -1.44. The number of aromatic nitrogens is 2. The Balaban J connectivity index is 2.73. The highest BCUT2D eigenvalue weighted by Crippen LogP contribution is 2.34. The van der Waals surface area contributed by atoms with Crippen LogP contribution < -0.4 is 0 Å². The normalized spacial score (nSPS) is 10.9. The van der Waals surface area contributed by atoms with Crippen LogP contribution in [0.25, 0.3) is 0 Å². The van der Waals surface area contributed by atoms with E-state index < -0.39 is 17.4 Å². The summed E-state index contributed by atoms with van der Waals surface area (Å²) in [5.41, 5.74) is -1.11. The van der Waals surface area contributed by atoms with Crippen molar-refractivity contribution in [2.75, 3.05) is 13.2 Å². The lowest BCUT2D eigenvalue weighted by Crippen LogP contribution is -2.47. The number of carbonyl (C=O) groups excluding carboxylic acids is 2. The predicted molar refractivity (Wildman–Crippen MR) is 82.5 cm³/mol. The summed E-state index contributed by atoms with van der Waals surface area (Å²) in [6.45, 7) is 3.63. The van der Waals surface area contributed by atoms with Crippen molar-refractivity contribution in [1.82, 2.24) is 9.97 Å². The number of rotatable bonds is 6.